The molecule has 2 fully saturated rings. The highest BCUT2D eigenvalue weighted by Crippen LogP contribution is 2.71. The van der Waals surface area contributed by atoms with Gasteiger partial charge in [-0.1, -0.05) is 13.0 Å². The summed E-state index contributed by atoms with van der Waals surface area (Å²) in [5, 5.41) is 2.41. The number of primary amides is 1. The Bertz CT molecular complexity index is 1170. The Balaban J connectivity index is 1.81. The fourth-order valence-corrected chi connectivity index (χ4v) is 5.06. The van der Waals surface area contributed by atoms with Crippen LogP contribution in [0.2, 0.25) is 0 Å². The number of fused-ring (bicyclic) bond motifs is 1. The summed E-state index contributed by atoms with van der Waals surface area (Å²) in [4.78, 5) is 28.3. The van der Waals surface area contributed by atoms with E-state index in [1.54, 1.807) is 0 Å². The van der Waals surface area contributed by atoms with Crippen LogP contribution in [-0.4, -0.2) is 41.8 Å². The molecule has 1 aromatic heterocycles. The van der Waals surface area contributed by atoms with Crippen molar-refractivity contribution in [2.45, 2.75) is 43.6 Å². The summed E-state index contributed by atoms with van der Waals surface area (Å²) in [6.07, 6.45) is -5.78. The normalized spacial score (nSPS) is 28.1. The fraction of sp³-hybridized carbons (Fsp3) is 0.409. The first-order valence-corrected chi connectivity index (χ1v) is 10.2. The number of nitrogens with two attached hydrogens (primary N) is 1. The predicted octanol–water partition coefficient (Wildman–Crippen LogP) is 3.69. The second-order valence-corrected chi connectivity index (χ2v) is 8.53. The lowest BCUT2D eigenvalue weighted by atomic mass is 9.51. The molecule has 4 rings (SSSR count). The van der Waals surface area contributed by atoms with Gasteiger partial charge >= 0.3 is 6.18 Å². The van der Waals surface area contributed by atoms with Gasteiger partial charge in [0, 0.05) is 28.8 Å². The molecule has 4 atom stereocenters. The standard InChI is InChI=1S/C22H20F5N3O4/c1-20-6-7-21(20,22(25,26)27)34-17(14(20)11-3-4-12(23)15(24)16(11)33-2)19(32)30-10-5-8-29-13(9-10)18(28)31/h3-5,8-9,14,17H,6-7H2,1-2H3,(H2,28,31)(H,29,30,32)/t14-,17+,20?,21?/m0/s1. The Hall–Kier alpha value is -3.28. The van der Waals surface area contributed by atoms with Crippen LogP contribution in [0.1, 0.15) is 41.7 Å². The van der Waals surface area contributed by atoms with E-state index in [1.165, 1.54) is 19.2 Å². The topological polar surface area (TPSA) is 104 Å². The van der Waals surface area contributed by atoms with Crippen LogP contribution in [0.5, 0.6) is 5.75 Å². The third kappa shape index (κ3) is 3.30. The SMILES string of the molecule is COc1c([C@H]2[C@H](C(=O)Nc3ccnc(C(N)=O)c3)OC3(C(F)(F)F)CCC23C)ccc(F)c1F. The Morgan fingerprint density at radius 2 is 1.94 bits per heavy atom. The van der Waals surface area contributed by atoms with E-state index in [1.807, 2.05) is 0 Å². The molecule has 1 aliphatic heterocycles. The molecule has 12 heteroatoms. The third-order valence-electron chi connectivity index (χ3n) is 6.85. The van der Waals surface area contributed by atoms with Gasteiger partial charge in [0.15, 0.2) is 17.2 Å². The monoisotopic (exact) mass is 485 g/mol. The van der Waals surface area contributed by atoms with Crippen LogP contribution in [0, 0.1) is 17.0 Å². The number of amides is 2. The minimum absolute atomic E-state index is 0.0180. The van der Waals surface area contributed by atoms with Gasteiger partial charge in [-0.25, -0.2) is 4.39 Å². The molecule has 182 valence electrons. The van der Waals surface area contributed by atoms with Gasteiger partial charge in [-0.3, -0.25) is 14.6 Å². The number of rotatable bonds is 5. The van der Waals surface area contributed by atoms with Crippen molar-refractivity contribution in [3.63, 3.8) is 0 Å². The average Bonchev–Trinajstić information content (AvgIpc) is 2.94. The number of ether oxygens (including phenoxy) is 2. The zero-order valence-corrected chi connectivity index (χ0v) is 18.0. The number of hydrogen-bond donors (Lipinski definition) is 2. The molecular formula is C22H20F5N3O4. The number of nitrogens with one attached hydrogen (secondary N) is 1. The number of benzene rings is 1. The van der Waals surface area contributed by atoms with Crippen LogP contribution < -0.4 is 15.8 Å². The van der Waals surface area contributed by atoms with Gasteiger partial charge in [0.1, 0.15) is 11.8 Å². The zero-order chi connectivity index (χ0) is 25.1. The Labute approximate surface area is 190 Å². The van der Waals surface area contributed by atoms with Crippen LogP contribution in [0.15, 0.2) is 30.5 Å². The molecule has 1 aromatic carbocycles. The number of anilines is 1. The molecule has 1 saturated heterocycles. The molecule has 2 amide bonds. The van der Waals surface area contributed by atoms with E-state index >= 15 is 0 Å². The van der Waals surface area contributed by atoms with Crippen molar-refractivity contribution in [1.29, 1.82) is 0 Å². The van der Waals surface area contributed by atoms with Gasteiger partial charge in [0.2, 0.25) is 5.82 Å². The number of nitrogens with zero attached hydrogens (tertiary/aromatic N) is 1. The summed E-state index contributed by atoms with van der Waals surface area (Å²) in [7, 11) is 1.05. The fourth-order valence-electron chi connectivity index (χ4n) is 5.06. The summed E-state index contributed by atoms with van der Waals surface area (Å²) in [6.45, 7) is 1.31. The van der Waals surface area contributed by atoms with Gasteiger partial charge in [0.25, 0.3) is 11.8 Å². The number of halogens is 5. The second-order valence-electron chi connectivity index (χ2n) is 8.53. The van der Waals surface area contributed by atoms with Crippen molar-refractivity contribution in [1.82, 2.24) is 4.98 Å². The van der Waals surface area contributed by atoms with Gasteiger partial charge < -0.3 is 20.5 Å². The van der Waals surface area contributed by atoms with E-state index in [9.17, 15) is 31.5 Å². The number of carbonyl (C=O) groups is 2. The molecule has 1 saturated carbocycles. The molecule has 2 heterocycles. The molecule has 2 aromatic rings. The summed E-state index contributed by atoms with van der Waals surface area (Å²) in [5.74, 6) is -6.41. The average molecular weight is 485 g/mol. The quantitative estimate of drug-likeness (QED) is 0.629. The molecule has 3 N–H and O–H groups in total. The highest BCUT2D eigenvalue weighted by atomic mass is 19.4. The Morgan fingerprint density at radius 1 is 1.24 bits per heavy atom. The Morgan fingerprint density at radius 3 is 2.50 bits per heavy atom. The van der Waals surface area contributed by atoms with Crippen molar-refractivity contribution in [2.75, 3.05) is 12.4 Å². The molecule has 2 unspecified atom stereocenters. The molecule has 2 aliphatic rings. The maximum absolute atomic E-state index is 14.5. The van der Waals surface area contributed by atoms with Crippen LogP contribution in [0.3, 0.4) is 0 Å². The first kappa shape index (κ1) is 23.9. The number of methoxy groups -OCH3 is 1. The van der Waals surface area contributed by atoms with Crippen molar-refractivity contribution < 1.29 is 41.0 Å². The molecule has 0 bridgehead atoms. The maximum atomic E-state index is 14.5. The van der Waals surface area contributed by atoms with E-state index in [2.05, 4.69) is 10.3 Å². The van der Waals surface area contributed by atoms with Crippen LogP contribution in [-0.2, 0) is 9.53 Å². The third-order valence-corrected chi connectivity index (χ3v) is 6.85. The first-order valence-electron chi connectivity index (χ1n) is 10.2. The second kappa shape index (κ2) is 7.90. The van der Waals surface area contributed by atoms with Crippen molar-refractivity contribution in [2.24, 2.45) is 11.1 Å². The number of alkyl halides is 3. The van der Waals surface area contributed by atoms with Gasteiger partial charge in [-0.2, -0.15) is 17.6 Å². The number of pyridine rings is 1. The molecular weight excluding hydrogens is 465 g/mol. The highest BCUT2D eigenvalue weighted by Gasteiger charge is 2.80. The van der Waals surface area contributed by atoms with Crippen LogP contribution in [0.4, 0.5) is 27.6 Å². The summed E-state index contributed by atoms with van der Waals surface area (Å²) in [6, 6.07) is 4.32. The van der Waals surface area contributed by atoms with Crippen LogP contribution in [0.25, 0.3) is 0 Å². The maximum Gasteiger partial charge on any atom is 0.418 e. The largest absolute Gasteiger partial charge is 0.493 e. The number of hydrogen-bond acceptors (Lipinski definition) is 5. The minimum atomic E-state index is -4.84. The van der Waals surface area contributed by atoms with Gasteiger partial charge in [0.05, 0.1) is 7.11 Å². The number of aromatic nitrogens is 1. The first-order chi connectivity index (χ1) is 15.9. The van der Waals surface area contributed by atoms with Gasteiger partial charge in [-0.15, -0.1) is 0 Å². The smallest absolute Gasteiger partial charge is 0.418 e. The lowest BCUT2D eigenvalue weighted by Gasteiger charge is -2.54. The van der Waals surface area contributed by atoms with E-state index < -0.39 is 64.8 Å². The Kier molecular flexibility index (Phi) is 5.54. The highest BCUT2D eigenvalue weighted by molar-refractivity contribution is 5.97. The van der Waals surface area contributed by atoms with Crippen molar-refractivity contribution >= 4 is 17.5 Å². The van der Waals surface area contributed by atoms with Gasteiger partial charge in [-0.05, 0) is 31.0 Å². The molecule has 7 nitrogen and oxygen atoms in total. The summed E-state index contributed by atoms with van der Waals surface area (Å²) >= 11 is 0. The van der Waals surface area contributed by atoms with E-state index in [0.717, 1.165) is 25.3 Å². The van der Waals surface area contributed by atoms with Crippen molar-refractivity contribution in [3.05, 3.63) is 53.4 Å². The van der Waals surface area contributed by atoms with Crippen molar-refractivity contribution in [3.8, 4) is 5.75 Å². The van der Waals surface area contributed by atoms with E-state index in [-0.39, 0.29) is 23.4 Å². The van der Waals surface area contributed by atoms with E-state index in [4.69, 9.17) is 15.2 Å². The zero-order valence-electron chi connectivity index (χ0n) is 18.0. The summed E-state index contributed by atoms with van der Waals surface area (Å²) < 4.78 is 81.5. The molecule has 1 aliphatic carbocycles. The lowest BCUT2D eigenvalue weighted by Crippen LogP contribution is -2.63. The summed E-state index contributed by atoms with van der Waals surface area (Å²) in [5.41, 5.74) is 0.582. The molecule has 0 spiro atoms. The number of carbonyl (C=O) groups excluding carboxylic acids is 2. The molecule has 0 radical (unpaired) electrons. The van der Waals surface area contributed by atoms with Crippen LogP contribution >= 0.6 is 0 Å². The minimum Gasteiger partial charge on any atom is -0.493 e. The lowest BCUT2D eigenvalue weighted by molar-refractivity contribution is -0.328. The molecule has 34 heavy (non-hydrogen) atoms. The predicted molar refractivity (Wildman–Crippen MR) is 108 cm³/mol. The van der Waals surface area contributed by atoms with E-state index in [0.29, 0.717) is 0 Å².